The Hall–Kier alpha value is -2.37. The number of carbonyl (C=O) groups is 2. The van der Waals surface area contributed by atoms with Crippen LogP contribution in [-0.4, -0.2) is 39.8 Å². The topological polar surface area (TPSA) is 92.1 Å². The molecule has 0 aliphatic carbocycles. The van der Waals surface area contributed by atoms with Crippen molar-refractivity contribution in [2.45, 2.75) is 12.8 Å². The standard InChI is InChI=1S/C14H16N4O2/c15-12(19)9-5-7-18(8-6-9)14(20)13-16-10-3-1-2-4-11(10)17-13/h1-4,9H,5-8H2,(H2,15,19)(H,16,17). The van der Waals surface area contributed by atoms with Crippen LogP contribution >= 0.6 is 0 Å². The number of nitrogens with two attached hydrogens (primary N) is 1. The Morgan fingerprint density at radius 1 is 1.25 bits per heavy atom. The van der Waals surface area contributed by atoms with E-state index in [1.54, 1.807) is 4.90 Å². The molecule has 3 rings (SSSR count). The van der Waals surface area contributed by atoms with Crippen molar-refractivity contribution in [3.63, 3.8) is 0 Å². The minimum absolute atomic E-state index is 0.116. The molecule has 2 amide bonds. The Balaban J connectivity index is 1.75. The Morgan fingerprint density at radius 3 is 2.60 bits per heavy atom. The van der Waals surface area contributed by atoms with E-state index in [0.717, 1.165) is 11.0 Å². The van der Waals surface area contributed by atoms with Gasteiger partial charge in [0, 0.05) is 19.0 Å². The first-order valence-corrected chi connectivity index (χ1v) is 6.68. The number of piperidine rings is 1. The predicted molar refractivity (Wildman–Crippen MR) is 73.9 cm³/mol. The molecule has 1 aromatic heterocycles. The molecule has 1 aliphatic rings. The van der Waals surface area contributed by atoms with Crippen molar-refractivity contribution < 1.29 is 9.59 Å². The lowest BCUT2D eigenvalue weighted by atomic mass is 9.96. The van der Waals surface area contributed by atoms with Crippen molar-refractivity contribution in [1.82, 2.24) is 14.9 Å². The molecule has 0 radical (unpaired) electrons. The number of imidazole rings is 1. The Morgan fingerprint density at radius 2 is 1.95 bits per heavy atom. The summed E-state index contributed by atoms with van der Waals surface area (Å²) in [5, 5.41) is 0. The zero-order chi connectivity index (χ0) is 14.1. The van der Waals surface area contributed by atoms with Crippen molar-refractivity contribution in [1.29, 1.82) is 0 Å². The van der Waals surface area contributed by atoms with Crippen LogP contribution in [0.5, 0.6) is 0 Å². The Labute approximate surface area is 116 Å². The molecule has 0 spiro atoms. The molecular formula is C14H16N4O2. The van der Waals surface area contributed by atoms with Gasteiger partial charge in [0.1, 0.15) is 0 Å². The van der Waals surface area contributed by atoms with E-state index in [-0.39, 0.29) is 17.7 Å². The highest BCUT2D eigenvalue weighted by Crippen LogP contribution is 2.19. The normalized spacial score (nSPS) is 16.5. The molecule has 20 heavy (non-hydrogen) atoms. The van der Waals surface area contributed by atoms with Gasteiger partial charge in [0.2, 0.25) is 5.91 Å². The van der Waals surface area contributed by atoms with Gasteiger partial charge in [-0.05, 0) is 25.0 Å². The van der Waals surface area contributed by atoms with Crippen molar-refractivity contribution in [2.24, 2.45) is 11.7 Å². The summed E-state index contributed by atoms with van der Waals surface area (Å²) >= 11 is 0. The monoisotopic (exact) mass is 272 g/mol. The first-order valence-electron chi connectivity index (χ1n) is 6.68. The number of carbonyl (C=O) groups excluding carboxylic acids is 2. The van der Waals surface area contributed by atoms with Crippen LogP contribution in [0, 0.1) is 5.92 Å². The molecule has 3 N–H and O–H groups in total. The third-order valence-corrected chi connectivity index (χ3v) is 3.78. The van der Waals surface area contributed by atoms with Gasteiger partial charge in [-0.3, -0.25) is 9.59 Å². The summed E-state index contributed by atoms with van der Waals surface area (Å²) in [5.41, 5.74) is 6.92. The van der Waals surface area contributed by atoms with Crippen LogP contribution in [0.3, 0.4) is 0 Å². The summed E-state index contributed by atoms with van der Waals surface area (Å²) in [5.74, 6) is -0.164. The highest BCUT2D eigenvalue weighted by molar-refractivity contribution is 5.94. The molecule has 2 heterocycles. The average molecular weight is 272 g/mol. The maximum atomic E-state index is 12.4. The molecule has 1 saturated heterocycles. The zero-order valence-corrected chi connectivity index (χ0v) is 11.0. The second-order valence-electron chi connectivity index (χ2n) is 5.07. The number of H-pyrrole nitrogens is 1. The molecule has 1 aliphatic heterocycles. The van der Waals surface area contributed by atoms with Crippen molar-refractivity contribution in [3.8, 4) is 0 Å². The maximum absolute atomic E-state index is 12.4. The van der Waals surface area contributed by atoms with E-state index in [2.05, 4.69) is 9.97 Å². The number of fused-ring (bicyclic) bond motifs is 1. The smallest absolute Gasteiger partial charge is 0.289 e. The van der Waals surface area contributed by atoms with Gasteiger partial charge in [-0.15, -0.1) is 0 Å². The van der Waals surface area contributed by atoms with Gasteiger partial charge < -0.3 is 15.6 Å². The van der Waals surface area contributed by atoms with E-state index in [0.29, 0.717) is 31.8 Å². The summed E-state index contributed by atoms with van der Waals surface area (Å²) in [7, 11) is 0. The molecule has 0 atom stereocenters. The van der Waals surface area contributed by atoms with Crippen molar-refractivity contribution in [3.05, 3.63) is 30.1 Å². The molecule has 0 bridgehead atoms. The van der Waals surface area contributed by atoms with Gasteiger partial charge in [-0.2, -0.15) is 0 Å². The number of primary amides is 1. The lowest BCUT2D eigenvalue weighted by Crippen LogP contribution is -2.42. The van der Waals surface area contributed by atoms with Crippen molar-refractivity contribution in [2.75, 3.05) is 13.1 Å². The average Bonchev–Trinajstić information content (AvgIpc) is 2.90. The van der Waals surface area contributed by atoms with Gasteiger partial charge in [0.25, 0.3) is 5.91 Å². The molecule has 104 valence electrons. The Bertz CT molecular complexity index is 623. The molecule has 6 heteroatoms. The summed E-state index contributed by atoms with van der Waals surface area (Å²) < 4.78 is 0. The van der Waals surface area contributed by atoms with Crippen LogP contribution in [-0.2, 0) is 4.79 Å². The number of para-hydroxylation sites is 2. The number of hydrogen-bond acceptors (Lipinski definition) is 3. The van der Waals surface area contributed by atoms with E-state index in [1.807, 2.05) is 24.3 Å². The predicted octanol–water partition coefficient (Wildman–Crippen LogP) is 0.900. The van der Waals surface area contributed by atoms with E-state index < -0.39 is 0 Å². The number of hydrogen-bond donors (Lipinski definition) is 2. The van der Waals surface area contributed by atoms with Gasteiger partial charge >= 0.3 is 0 Å². The summed E-state index contributed by atoms with van der Waals surface area (Å²) in [6, 6.07) is 7.53. The fraction of sp³-hybridized carbons (Fsp3) is 0.357. The number of nitrogens with zero attached hydrogens (tertiary/aromatic N) is 2. The number of rotatable bonds is 2. The highest BCUT2D eigenvalue weighted by Gasteiger charge is 2.27. The number of aromatic nitrogens is 2. The van der Waals surface area contributed by atoms with Gasteiger partial charge in [0.15, 0.2) is 5.82 Å². The van der Waals surface area contributed by atoms with Crippen LogP contribution in [0.25, 0.3) is 11.0 Å². The van der Waals surface area contributed by atoms with Gasteiger partial charge in [-0.1, -0.05) is 12.1 Å². The molecular weight excluding hydrogens is 256 g/mol. The van der Waals surface area contributed by atoms with Crippen molar-refractivity contribution >= 4 is 22.8 Å². The van der Waals surface area contributed by atoms with E-state index in [9.17, 15) is 9.59 Å². The SMILES string of the molecule is NC(=O)C1CCN(C(=O)c2nc3ccccc3[nH]2)CC1. The fourth-order valence-corrected chi connectivity index (χ4v) is 2.57. The van der Waals surface area contributed by atoms with Crippen LogP contribution in [0.4, 0.5) is 0 Å². The van der Waals surface area contributed by atoms with Crippen LogP contribution in [0.15, 0.2) is 24.3 Å². The molecule has 1 fully saturated rings. The lowest BCUT2D eigenvalue weighted by molar-refractivity contribution is -0.123. The lowest BCUT2D eigenvalue weighted by Gasteiger charge is -2.29. The van der Waals surface area contributed by atoms with E-state index in [4.69, 9.17) is 5.73 Å². The third kappa shape index (κ3) is 2.24. The van der Waals surface area contributed by atoms with Crippen LogP contribution in [0.1, 0.15) is 23.5 Å². The molecule has 2 aromatic rings. The number of amides is 2. The first kappa shape index (κ1) is 12.7. The molecule has 0 unspecified atom stereocenters. The molecule has 0 saturated carbocycles. The molecule has 6 nitrogen and oxygen atoms in total. The second kappa shape index (κ2) is 4.96. The quantitative estimate of drug-likeness (QED) is 0.850. The largest absolute Gasteiger partial charge is 0.369 e. The Kier molecular flexibility index (Phi) is 3.14. The fourth-order valence-electron chi connectivity index (χ4n) is 2.57. The minimum Gasteiger partial charge on any atom is -0.369 e. The third-order valence-electron chi connectivity index (χ3n) is 3.78. The zero-order valence-electron chi connectivity index (χ0n) is 11.0. The number of likely N-dealkylation sites (tertiary alicyclic amines) is 1. The van der Waals surface area contributed by atoms with Gasteiger partial charge in [-0.25, -0.2) is 4.98 Å². The van der Waals surface area contributed by atoms with Crippen LogP contribution in [0.2, 0.25) is 0 Å². The molecule has 1 aromatic carbocycles. The van der Waals surface area contributed by atoms with Crippen LogP contribution < -0.4 is 5.73 Å². The highest BCUT2D eigenvalue weighted by atomic mass is 16.2. The number of aromatic amines is 1. The van der Waals surface area contributed by atoms with E-state index in [1.165, 1.54) is 0 Å². The second-order valence-corrected chi connectivity index (χ2v) is 5.07. The summed E-state index contributed by atoms with van der Waals surface area (Å²) in [6.07, 6.45) is 1.25. The summed E-state index contributed by atoms with van der Waals surface area (Å²) in [6.45, 7) is 1.09. The first-order chi connectivity index (χ1) is 9.65. The maximum Gasteiger partial charge on any atom is 0.289 e. The summed E-state index contributed by atoms with van der Waals surface area (Å²) in [4.78, 5) is 32.5. The number of benzene rings is 1. The van der Waals surface area contributed by atoms with Gasteiger partial charge in [0.05, 0.1) is 11.0 Å². The number of nitrogens with one attached hydrogen (secondary N) is 1. The minimum atomic E-state index is -0.277. The van der Waals surface area contributed by atoms with E-state index >= 15 is 0 Å².